The van der Waals surface area contributed by atoms with E-state index in [9.17, 15) is 14.4 Å². The van der Waals surface area contributed by atoms with Crippen molar-refractivity contribution >= 4 is 23.7 Å². The molecule has 0 aliphatic rings. The molecule has 3 amide bonds. The van der Waals surface area contributed by atoms with Crippen LogP contribution in [0.5, 0.6) is 0 Å². The largest absolute Gasteiger partial charge is 0.478 e. The number of carboxylic acid groups (broad SMARTS) is 1. The fourth-order valence-electron chi connectivity index (χ4n) is 1.76. The molecule has 1 heterocycles. The van der Waals surface area contributed by atoms with Gasteiger partial charge in [0.25, 0.3) is 0 Å². The first-order chi connectivity index (χ1) is 9.81. The summed E-state index contributed by atoms with van der Waals surface area (Å²) in [5, 5.41) is 13.8. The predicted molar refractivity (Wildman–Crippen MR) is 75.8 cm³/mol. The van der Waals surface area contributed by atoms with Gasteiger partial charge in [-0.25, -0.2) is 14.6 Å². The van der Waals surface area contributed by atoms with E-state index in [0.717, 1.165) is 0 Å². The number of pyridine rings is 1. The molecule has 0 bridgehead atoms. The zero-order valence-corrected chi connectivity index (χ0v) is 11.8. The van der Waals surface area contributed by atoms with Crippen molar-refractivity contribution in [3.8, 4) is 0 Å². The number of nitrogens with zero attached hydrogens (tertiary/aromatic N) is 1. The second kappa shape index (κ2) is 7.22. The van der Waals surface area contributed by atoms with Gasteiger partial charge in [0, 0.05) is 6.20 Å². The molecule has 8 heteroatoms. The van der Waals surface area contributed by atoms with Gasteiger partial charge in [-0.1, -0.05) is 13.8 Å². The summed E-state index contributed by atoms with van der Waals surface area (Å²) in [4.78, 5) is 38.0. The van der Waals surface area contributed by atoms with Gasteiger partial charge < -0.3 is 21.5 Å². The van der Waals surface area contributed by atoms with Crippen LogP contribution in [0.2, 0.25) is 0 Å². The summed E-state index contributed by atoms with van der Waals surface area (Å²) in [6.45, 7) is 3.76. The zero-order valence-electron chi connectivity index (χ0n) is 11.8. The summed E-state index contributed by atoms with van der Waals surface area (Å²) in [5.74, 6) is -1.71. The molecule has 5 N–H and O–H groups in total. The maximum Gasteiger partial charge on any atom is 0.339 e. The SMILES string of the molecule is CC(C)CC(NC(N)=O)C(=O)Nc1ncccc1C(=O)O. The number of amides is 3. The Hall–Kier alpha value is -2.64. The standard InChI is InChI=1S/C13H18N4O4/c1-7(2)6-9(16-13(14)21)11(18)17-10-8(12(19)20)4-3-5-15-10/h3-5,7,9H,6H2,1-2H3,(H,19,20)(H3,14,16,21)(H,15,17,18). The molecular weight excluding hydrogens is 276 g/mol. The van der Waals surface area contributed by atoms with Gasteiger partial charge in [0.05, 0.1) is 0 Å². The van der Waals surface area contributed by atoms with E-state index in [0.29, 0.717) is 6.42 Å². The molecule has 0 fully saturated rings. The highest BCUT2D eigenvalue weighted by molar-refractivity contribution is 6.01. The molecule has 0 aliphatic heterocycles. The van der Waals surface area contributed by atoms with E-state index < -0.39 is 23.9 Å². The van der Waals surface area contributed by atoms with Gasteiger partial charge in [-0.2, -0.15) is 0 Å². The Morgan fingerprint density at radius 1 is 1.38 bits per heavy atom. The number of nitrogens with two attached hydrogens (primary N) is 1. The van der Waals surface area contributed by atoms with Gasteiger partial charge in [0.15, 0.2) is 0 Å². The monoisotopic (exact) mass is 294 g/mol. The number of carboxylic acids is 1. The number of urea groups is 1. The van der Waals surface area contributed by atoms with Gasteiger partial charge in [0.1, 0.15) is 17.4 Å². The van der Waals surface area contributed by atoms with E-state index in [2.05, 4.69) is 15.6 Å². The van der Waals surface area contributed by atoms with Crippen LogP contribution in [0, 0.1) is 5.92 Å². The van der Waals surface area contributed by atoms with Crippen molar-refractivity contribution in [3.63, 3.8) is 0 Å². The van der Waals surface area contributed by atoms with Crippen molar-refractivity contribution in [2.75, 3.05) is 5.32 Å². The molecule has 8 nitrogen and oxygen atoms in total. The second-order valence-corrected chi connectivity index (χ2v) is 4.88. The quantitative estimate of drug-likeness (QED) is 0.615. The van der Waals surface area contributed by atoms with Crippen molar-refractivity contribution < 1.29 is 19.5 Å². The summed E-state index contributed by atoms with van der Waals surface area (Å²) >= 11 is 0. The molecule has 1 aromatic rings. The number of anilines is 1. The van der Waals surface area contributed by atoms with E-state index in [-0.39, 0.29) is 17.3 Å². The summed E-state index contributed by atoms with van der Waals surface area (Å²) < 4.78 is 0. The lowest BCUT2D eigenvalue weighted by molar-refractivity contribution is -0.118. The molecule has 1 unspecified atom stereocenters. The van der Waals surface area contributed by atoms with Crippen LogP contribution in [0.1, 0.15) is 30.6 Å². The predicted octanol–water partition coefficient (Wildman–Crippen LogP) is 0.801. The van der Waals surface area contributed by atoms with Gasteiger partial charge in [0.2, 0.25) is 5.91 Å². The van der Waals surface area contributed by atoms with E-state index in [1.165, 1.54) is 18.3 Å². The van der Waals surface area contributed by atoms with Gasteiger partial charge in [-0.05, 0) is 24.5 Å². The third-order valence-electron chi connectivity index (χ3n) is 2.62. The minimum Gasteiger partial charge on any atom is -0.478 e. The summed E-state index contributed by atoms with van der Waals surface area (Å²) in [7, 11) is 0. The summed E-state index contributed by atoms with van der Waals surface area (Å²) in [5.41, 5.74) is 4.91. The van der Waals surface area contributed by atoms with Crippen molar-refractivity contribution in [3.05, 3.63) is 23.9 Å². The van der Waals surface area contributed by atoms with Crippen LogP contribution in [0.25, 0.3) is 0 Å². The Morgan fingerprint density at radius 3 is 2.57 bits per heavy atom. The highest BCUT2D eigenvalue weighted by Crippen LogP contribution is 2.13. The van der Waals surface area contributed by atoms with Crippen LogP contribution in [-0.2, 0) is 4.79 Å². The fraction of sp³-hybridized carbons (Fsp3) is 0.385. The molecule has 0 radical (unpaired) electrons. The fourth-order valence-corrected chi connectivity index (χ4v) is 1.76. The number of rotatable bonds is 6. The number of aromatic carboxylic acids is 1. The molecule has 0 aliphatic carbocycles. The zero-order chi connectivity index (χ0) is 16.0. The molecule has 0 aromatic carbocycles. The number of aromatic nitrogens is 1. The highest BCUT2D eigenvalue weighted by Gasteiger charge is 2.23. The third-order valence-corrected chi connectivity index (χ3v) is 2.62. The number of carbonyl (C=O) groups excluding carboxylic acids is 2. The van der Waals surface area contributed by atoms with Crippen LogP contribution >= 0.6 is 0 Å². The lowest BCUT2D eigenvalue weighted by atomic mass is 10.0. The summed E-state index contributed by atoms with van der Waals surface area (Å²) in [6, 6.07) is 1.09. The highest BCUT2D eigenvalue weighted by atomic mass is 16.4. The van der Waals surface area contributed by atoms with Gasteiger partial charge in [-0.15, -0.1) is 0 Å². The number of hydrogen-bond acceptors (Lipinski definition) is 4. The molecule has 0 saturated heterocycles. The normalized spacial score (nSPS) is 11.8. The maximum atomic E-state index is 12.1. The molecule has 1 aromatic heterocycles. The maximum absolute atomic E-state index is 12.1. The first kappa shape index (κ1) is 16.4. The Labute approximate surface area is 121 Å². The lowest BCUT2D eigenvalue weighted by Gasteiger charge is -2.19. The summed E-state index contributed by atoms with van der Waals surface area (Å²) in [6.07, 6.45) is 1.73. The van der Waals surface area contributed by atoms with Crippen molar-refractivity contribution in [1.29, 1.82) is 0 Å². The molecule has 1 atom stereocenters. The van der Waals surface area contributed by atoms with Gasteiger partial charge >= 0.3 is 12.0 Å². The Bertz CT molecular complexity index is 545. The number of nitrogens with one attached hydrogen (secondary N) is 2. The van der Waals surface area contributed by atoms with Crippen LogP contribution in [0.15, 0.2) is 18.3 Å². The Balaban J connectivity index is 2.91. The van der Waals surface area contributed by atoms with E-state index in [4.69, 9.17) is 10.8 Å². The smallest absolute Gasteiger partial charge is 0.339 e. The first-order valence-corrected chi connectivity index (χ1v) is 6.36. The Morgan fingerprint density at radius 2 is 2.05 bits per heavy atom. The molecule has 0 spiro atoms. The van der Waals surface area contributed by atoms with Crippen LogP contribution < -0.4 is 16.4 Å². The number of carbonyl (C=O) groups is 3. The molecule has 21 heavy (non-hydrogen) atoms. The third kappa shape index (κ3) is 5.09. The topological polar surface area (TPSA) is 134 Å². The van der Waals surface area contributed by atoms with Crippen molar-refractivity contribution in [2.45, 2.75) is 26.3 Å². The second-order valence-electron chi connectivity index (χ2n) is 4.88. The number of hydrogen-bond donors (Lipinski definition) is 4. The van der Waals surface area contributed by atoms with E-state index in [1.807, 2.05) is 13.8 Å². The molecular formula is C13H18N4O4. The number of primary amides is 1. The molecule has 0 saturated carbocycles. The minimum absolute atomic E-state index is 0.0740. The van der Waals surface area contributed by atoms with Crippen molar-refractivity contribution in [1.82, 2.24) is 10.3 Å². The Kier molecular flexibility index (Phi) is 5.65. The lowest BCUT2D eigenvalue weighted by Crippen LogP contribution is -2.47. The van der Waals surface area contributed by atoms with E-state index >= 15 is 0 Å². The first-order valence-electron chi connectivity index (χ1n) is 6.36. The van der Waals surface area contributed by atoms with Crippen LogP contribution in [0.3, 0.4) is 0 Å². The van der Waals surface area contributed by atoms with Crippen LogP contribution in [0.4, 0.5) is 10.6 Å². The van der Waals surface area contributed by atoms with Crippen LogP contribution in [-0.4, -0.2) is 34.0 Å². The average molecular weight is 294 g/mol. The minimum atomic E-state index is -1.21. The molecule has 114 valence electrons. The molecule has 1 rings (SSSR count). The average Bonchev–Trinajstić information content (AvgIpc) is 2.37. The van der Waals surface area contributed by atoms with Crippen molar-refractivity contribution in [2.24, 2.45) is 11.7 Å². The van der Waals surface area contributed by atoms with Gasteiger partial charge in [-0.3, -0.25) is 4.79 Å². The van der Waals surface area contributed by atoms with E-state index in [1.54, 1.807) is 0 Å².